The second-order valence-electron chi connectivity index (χ2n) is 6.97. The number of nitrogens with one attached hydrogen (secondary N) is 2. The number of aryl methyl sites for hydroxylation is 1. The molecule has 2 N–H and O–H groups in total. The molecule has 4 rings (SSSR count). The number of carbonyl (C=O) groups is 1. The molecule has 1 fully saturated rings. The van der Waals surface area contributed by atoms with E-state index < -0.39 is 0 Å². The van der Waals surface area contributed by atoms with E-state index in [1.165, 1.54) is 27.3 Å². The number of rotatable bonds is 5. The summed E-state index contributed by atoms with van der Waals surface area (Å²) in [4.78, 5) is 28.0. The molecule has 1 atom stereocenters. The summed E-state index contributed by atoms with van der Waals surface area (Å²) in [6.07, 6.45) is 2.47. The van der Waals surface area contributed by atoms with Crippen molar-refractivity contribution < 1.29 is 9.69 Å². The highest BCUT2D eigenvalue weighted by Gasteiger charge is 2.29. The average Bonchev–Trinajstić information content (AvgIpc) is 3.39. The van der Waals surface area contributed by atoms with E-state index in [9.17, 15) is 9.59 Å². The molecular weight excluding hydrogens is 360 g/mol. The van der Waals surface area contributed by atoms with Crippen molar-refractivity contribution in [1.82, 2.24) is 15.1 Å². The van der Waals surface area contributed by atoms with E-state index >= 15 is 0 Å². The van der Waals surface area contributed by atoms with Gasteiger partial charge in [-0.25, -0.2) is 4.68 Å². The Bertz CT molecular complexity index is 1010. The number of amides is 1. The first-order valence-electron chi connectivity index (χ1n) is 9.27. The first kappa shape index (κ1) is 17.9. The second-order valence-corrected chi connectivity index (χ2v) is 7.95. The molecule has 1 aliphatic rings. The molecular formula is C20H23N4O2S+. The molecule has 6 nitrogen and oxygen atoms in total. The fourth-order valence-corrected chi connectivity index (χ4v) is 4.74. The van der Waals surface area contributed by atoms with Crippen molar-refractivity contribution in [1.29, 1.82) is 0 Å². The highest BCUT2D eigenvalue weighted by atomic mass is 32.1. The summed E-state index contributed by atoms with van der Waals surface area (Å²) in [5.41, 5.74) is 0.106. The van der Waals surface area contributed by atoms with E-state index in [4.69, 9.17) is 0 Å². The van der Waals surface area contributed by atoms with Crippen LogP contribution in [0, 0.1) is 0 Å². The first-order chi connectivity index (χ1) is 13.1. The zero-order valence-corrected chi connectivity index (χ0v) is 16.1. The van der Waals surface area contributed by atoms with Gasteiger partial charge in [-0.05, 0) is 17.5 Å². The molecule has 3 heterocycles. The SMILES string of the molecule is Cn1nc(C(=O)NC[C@H](c2cccs2)[NH+]2CCCC2)c2ccccc2c1=O. The lowest BCUT2D eigenvalue weighted by Gasteiger charge is -2.24. The average molecular weight is 383 g/mol. The second kappa shape index (κ2) is 7.62. The lowest BCUT2D eigenvalue weighted by atomic mass is 10.1. The summed E-state index contributed by atoms with van der Waals surface area (Å²) < 4.78 is 1.24. The third kappa shape index (κ3) is 3.52. The number of benzene rings is 1. The van der Waals surface area contributed by atoms with Gasteiger partial charge < -0.3 is 10.2 Å². The molecule has 7 heteroatoms. The van der Waals surface area contributed by atoms with Crippen LogP contribution in [0.5, 0.6) is 0 Å². The van der Waals surface area contributed by atoms with E-state index in [2.05, 4.69) is 27.9 Å². The van der Waals surface area contributed by atoms with Crippen molar-refractivity contribution in [2.24, 2.45) is 7.05 Å². The topological polar surface area (TPSA) is 68.4 Å². The maximum atomic E-state index is 12.9. The predicted molar refractivity (Wildman–Crippen MR) is 106 cm³/mol. The van der Waals surface area contributed by atoms with Gasteiger partial charge in [-0.1, -0.05) is 24.3 Å². The van der Waals surface area contributed by atoms with Crippen molar-refractivity contribution in [3.8, 4) is 0 Å². The number of aromatic nitrogens is 2. The number of hydrogen-bond acceptors (Lipinski definition) is 4. The molecule has 1 amide bonds. The van der Waals surface area contributed by atoms with Gasteiger partial charge in [0, 0.05) is 25.3 Å². The van der Waals surface area contributed by atoms with Crippen molar-refractivity contribution in [2.75, 3.05) is 19.6 Å². The van der Waals surface area contributed by atoms with E-state index in [1.807, 2.05) is 6.07 Å². The van der Waals surface area contributed by atoms with E-state index in [1.54, 1.807) is 36.6 Å². The van der Waals surface area contributed by atoms with Crippen LogP contribution < -0.4 is 15.8 Å². The molecule has 1 saturated heterocycles. The lowest BCUT2D eigenvalue weighted by molar-refractivity contribution is -0.918. The van der Waals surface area contributed by atoms with Crippen LogP contribution in [0.4, 0.5) is 0 Å². The van der Waals surface area contributed by atoms with E-state index in [0.717, 1.165) is 13.1 Å². The number of hydrogen-bond donors (Lipinski definition) is 2. The Balaban J connectivity index is 1.59. The summed E-state index contributed by atoms with van der Waals surface area (Å²) in [5, 5.41) is 10.5. The Kier molecular flexibility index (Phi) is 5.05. The number of fused-ring (bicyclic) bond motifs is 1. The zero-order chi connectivity index (χ0) is 18.8. The number of quaternary nitrogens is 1. The van der Waals surface area contributed by atoms with Crippen LogP contribution in [0.25, 0.3) is 10.8 Å². The number of likely N-dealkylation sites (tertiary alicyclic amines) is 1. The third-order valence-corrected chi connectivity index (χ3v) is 6.25. The van der Waals surface area contributed by atoms with Crippen molar-refractivity contribution >= 4 is 28.0 Å². The van der Waals surface area contributed by atoms with E-state index in [-0.39, 0.29) is 17.5 Å². The Morgan fingerprint density at radius 3 is 2.67 bits per heavy atom. The smallest absolute Gasteiger partial charge is 0.274 e. The van der Waals surface area contributed by atoms with E-state index in [0.29, 0.717) is 23.0 Å². The van der Waals surface area contributed by atoms with Crippen LogP contribution in [-0.4, -0.2) is 35.3 Å². The maximum Gasteiger partial charge on any atom is 0.274 e. The van der Waals surface area contributed by atoms with Crippen LogP contribution in [0.15, 0.2) is 46.6 Å². The molecule has 27 heavy (non-hydrogen) atoms. The molecule has 1 aromatic carbocycles. The Labute approximate surface area is 161 Å². The Morgan fingerprint density at radius 1 is 1.22 bits per heavy atom. The fraction of sp³-hybridized carbons (Fsp3) is 0.350. The van der Waals surface area contributed by atoms with Crippen molar-refractivity contribution in [2.45, 2.75) is 18.9 Å². The normalized spacial score (nSPS) is 15.9. The molecule has 0 saturated carbocycles. The molecule has 0 spiro atoms. The molecule has 140 valence electrons. The summed E-state index contributed by atoms with van der Waals surface area (Å²) in [7, 11) is 1.58. The molecule has 2 aromatic heterocycles. The molecule has 1 aliphatic heterocycles. The number of carbonyl (C=O) groups excluding carboxylic acids is 1. The predicted octanol–water partition coefficient (Wildman–Crippen LogP) is 1.14. The van der Waals surface area contributed by atoms with Gasteiger partial charge >= 0.3 is 0 Å². The monoisotopic (exact) mass is 383 g/mol. The summed E-state index contributed by atoms with van der Waals surface area (Å²) in [5.74, 6) is -0.234. The van der Waals surface area contributed by atoms with Crippen LogP contribution in [0.3, 0.4) is 0 Å². The summed E-state index contributed by atoms with van der Waals surface area (Å²) in [6.45, 7) is 2.84. The van der Waals surface area contributed by atoms with Crippen LogP contribution in [0.2, 0.25) is 0 Å². The minimum Gasteiger partial charge on any atom is -0.344 e. The van der Waals surface area contributed by atoms with Crippen LogP contribution in [-0.2, 0) is 7.05 Å². The Morgan fingerprint density at radius 2 is 1.96 bits per heavy atom. The minimum atomic E-state index is -0.234. The maximum absolute atomic E-state index is 12.9. The van der Waals surface area contributed by atoms with Gasteiger partial charge in [-0.3, -0.25) is 9.59 Å². The third-order valence-electron chi connectivity index (χ3n) is 5.26. The van der Waals surface area contributed by atoms with Gasteiger partial charge in [0.1, 0.15) is 6.04 Å². The fourth-order valence-electron chi connectivity index (χ4n) is 3.86. The molecule has 0 aliphatic carbocycles. The lowest BCUT2D eigenvalue weighted by Crippen LogP contribution is -3.11. The van der Waals surface area contributed by atoms with Gasteiger partial charge in [0.15, 0.2) is 5.69 Å². The molecule has 3 aromatic rings. The van der Waals surface area contributed by atoms with Crippen LogP contribution >= 0.6 is 11.3 Å². The number of thiophene rings is 1. The largest absolute Gasteiger partial charge is 0.344 e. The highest BCUT2D eigenvalue weighted by molar-refractivity contribution is 7.10. The molecule has 0 unspecified atom stereocenters. The molecule has 0 radical (unpaired) electrons. The summed E-state index contributed by atoms with van der Waals surface area (Å²) >= 11 is 1.74. The van der Waals surface area contributed by atoms with Gasteiger partial charge in [-0.2, -0.15) is 5.10 Å². The summed E-state index contributed by atoms with van der Waals surface area (Å²) in [6, 6.07) is 11.6. The van der Waals surface area contributed by atoms with Gasteiger partial charge in [-0.15, -0.1) is 11.3 Å². The zero-order valence-electron chi connectivity index (χ0n) is 15.3. The van der Waals surface area contributed by atoms with Crippen LogP contribution in [0.1, 0.15) is 34.2 Å². The van der Waals surface area contributed by atoms with Gasteiger partial charge in [0.25, 0.3) is 11.5 Å². The molecule has 0 bridgehead atoms. The van der Waals surface area contributed by atoms with Gasteiger partial charge in [0.05, 0.1) is 29.9 Å². The first-order valence-corrected chi connectivity index (χ1v) is 10.2. The van der Waals surface area contributed by atoms with Crippen molar-refractivity contribution in [3.05, 3.63) is 62.7 Å². The number of nitrogens with zero attached hydrogens (tertiary/aromatic N) is 2. The quantitative estimate of drug-likeness (QED) is 0.694. The van der Waals surface area contributed by atoms with Crippen molar-refractivity contribution in [3.63, 3.8) is 0 Å². The van der Waals surface area contributed by atoms with Gasteiger partial charge in [0.2, 0.25) is 0 Å². The standard InChI is InChI=1S/C20H22N4O2S/c1-23-20(26)15-8-3-2-7-14(15)18(22-23)19(25)21-13-16(17-9-6-12-27-17)24-10-4-5-11-24/h2-3,6-9,12,16H,4-5,10-11,13H2,1H3,(H,21,25)/p+1/t16-/m1/s1. The Hall–Kier alpha value is -2.51. The minimum absolute atomic E-state index is 0.194. The highest BCUT2D eigenvalue weighted by Crippen LogP contribution is 2.18.